The second kappa shape index (κ2) is 5.60. The second-order valence-electron chi connectivity index (χ2n) is 3.57. The van der Waals surface area contributed by atoms with Crippen LogP contribution in [-0.4, -0.2) is 13.1 Å². The van der Waals surface area contributed by atoms with Crippen molar-refractivity contribution in [1.29, 1.82) is 0 Å². The Morgan fingerprint density at radius 2 is 2.29 bits per heavy atom. The van der Waals surface area contributed by atoms with Gasteiger partial charge in [0.2, 0.25) is 0 Å². The third-order valence-corrected chi connectivity index (χ3v) is 2.14. The van der Waals surface area contributed by atoms with Crippen molar-refractivity contribution in [3.05, 3.63) is 30.1 Å². The Hall–Kier alpha value is -1.09. The van der Waals surface area contributed by atoms with Crippen LogP contribution in [0.5, 0.6) is 0 Å². The fraction of sp³-hybridized carbons (Fsp3) is 0.455. The van der Waals surface area contributed by atoms with E-state index in [-0.39, 0.29) is 5.82 Å². The highest BCUT2D eigenvalue weighted by Gasteiger charge is 2.00. The van der Waals surface area contributed by atoms with Crippen molar-refractivity contribution in [2.45, 2.75) is 13.3 Å². The van der Waals surface area contributed by atoms with Crippen LogP contribution in [0.1, 0.15) is 13.3 Å². The lowest BCUT2D eigenvalue weighted by atomic mass is 10.1. The van der Waals surface area contributed by atoms with E-state index in [2.05, 4.69) is 12.2 Å². The molecular formula is C11H17FN2. The molecule has 0 aromatic heterocycles. The summed E-state index contributed by atoms with van der Waals surface area (Å²) in [4.78, 5) is 0. The number of hydrogen-bond donors (Lipinski definition) is 2. The predicted molar refractivity (Wildman–Crippen MR) is 57.7 cm³/mol. The lowest BCUT2D eigenvalue weighted by Crippen LogP contribution is -2.15. The minimum Gasteiger partial charge on any atom is -0.385 e. The summed E-state index contributed by atoms with van der Waals surface area (Å²) < 4.78 is 12.8. The quantitative estimate of drug-likeness (QED) is 0.757. The lowest BCUT2D eigenvalue weighted by Gasteiger charge is -2.12. The topological polar surface area (TPSA) is 38.0 Å². The highest BCUT2D eigenvalue weighted by atomic mass is 19.1. The Balaban J connectivity index is 2.37. The molecule has 0 aliphatic heterocycles. The van der Waals surface area contributed by atoms with Gasteiger partial charge in [0.15, 0.2) is 0 Å². The number of rotatable bonds is 5. The van der Waals surface area contributed by atoms with Gasteiger partial charge < -0.3 is 11.1 Å². The molecule has 0 radical (unpaired) electrons. The molecule has 1 rings (SSSR count). The summed E-state index contributed by atoms with van der Waals surface area (Å²) in [5.74, 6) is 0.310. The monoisotopic (exact) mass is 196 g/mol. The van der Waals surface area contributed by atoms with Crippen molar-refractivity contribution in [3.63, 3.8) is 0 Å². The van der Waals surface area contributed by atoms with Gasteiger partial charge in [-0.3, -0.25) is 0 Å². The summed E-state index contributed by atoms with van der Waals surface area (Å²) in [5, 5.41) is 3.17. The Bertz CT molecular complexity index is 276. The molecule has 0 bridgehead atoms. The van der Waals surface area contributed by atoms with Crippen molar-refractivity contribution < 1.29 is 4.39 Å². The predicted octanol–water partition coefficient (Wildman–Crippen LogP) is 2.22. The maximum absolute atomic E-state index is 12.8. The molecule has 1 aromatic carbocycles. The van der Waals surface area contributed by atoms with Gasteiger partial charge in [0.25, 0.3) is 0 Å². The van der Waals surface area contributed by atoms with Gasteiger partial charge in [0, 0.05) is 12.2 Å². The van der Waals surface area contributed by atoms with Crippen LogP contribution in [0.3, 0.4) is 0 Å². The van der Waals surface area contributed by atoms with Crippen LogP contribution in [0.4, 0.5) is 10.1 Å². The molecule has 1 aromatic rings. The van der Waals surface area contributed by atoms with E-state index in [4.69, 9.17) is 5.73 Å². The molecule has 0 amide bonds. The van der Waals surface area contributed by atoms with E-state index in [1.54, 1.807) is 6.07 Å². The summed E-state index contributed by atoms with van der Waals surface area (Å²) >= 11 is 0. The molecule has 0 spiro atoms. The normalized spacial score (nSPS) is 12.5. The summed E-state index contributed by atoms with van der Waals surface area (Å²) in [6, 6.07) is 6.49. The molecule has 3 heteroatoms. The largest absolute Gasteiger partial charge is 0.385 e. The van der Waals surface area contributed by atoms with Gasteiger partial charge in [-0.15, -0.1) is 0 Å². The summed E-state index contributed by atoms with van der Waals surface area (Å²) in [5.41, 5.74) is 6.26. The van der Waals surface area contributed by atoms with Crippen LogP contribution in [0, 0.1) is 11.7 Å². The zero-order valence-electron chi connectivity index (χ0n) is 8.46. The van der Waals surface area contributed by atoms with Crippen LogP contribution in [0.2, 0.25) is 0 Å². The molecular weight excluding hydrogens is 179 g/mol. The van der Waals surface area contributed by atoms with Crippen molar-refractivity contribution >= 4 is 5.69 Å². The molecule has 0 heterocycles. The third kappa shape index (κ3) is 3.75. The van der Waals surface area contributed by atoms with Gasteiger partial charge in [0.1, 0.15) is 5.82 Å². The Morgan fingerprint density at radius 3 is 2.93 bits per heavy atom. The molecule has 0 fully saturated rings. The molecule has 0 aliphatic carbocycles. The SMILES string of the molecule is CC(CCN)CNc1cccc(F)c1. The summed E-state index contributed by atoms with van der Waals surface area (Å²) in [6.45, 7) is 3.66. The Morgan fingerprint density at radius 1 is 1.50 bits per heavy atom. The molecule has 1 atom stereocenters. The first kappa shape index (κ1) is 11.0. The number of nitrogens with one attached hydrogen (secondary N) is 1. The number of nitrogens with two attached hydrogens (primary N) is 1. The third-order valence-electron chi connectivity index (χ3n) is 2.14. The minimum atomic E-state index is -0.207. The van der Waals surface area contributed by atoms with E-state index in [1.165, 1.54) is 12.1 Å². The number of benzene rings is 1. The average Bonchev–Trinajstić information content (AvgIpc) is 2.15. The number of halogens is 1. The summed E-state index contributed by atoms with van der Waals surface area (Å²) in [7, 11) is 0. The molecule has 0 saturated heterocycles. The van der Waals surface area contributed by atoms with Crippen LogP contribution in [-0.2, 0) is 0 Å². The van der Waals surface area contributed by atoms with Crippen molar-refractivity contribution in [2.75, 3.05) is 18.4 Å². The molecule has 0 saturated carbocycles. The summed E-state index contributed by atoms with van der Waals surface area (Å²) in [6.07, 6.45) is 0.988. The van der Waals surface area contributed by atoms with E-state index in [0.29, 0.717) is 12.5 Å². The minimum absolute atomic E-state index is 0.207. The van der Waals surface area contributed by atoms with Crippen molar-refractivity contribution in [3.8, 4) is 0 Å². The number of anilines is 1. The van der Waals surface area contributed by atoms with Gasteiger partial charge in [-0.2, -0.15) is 0 Å². The van der Waals surface area contributed by atoms with Gasteiger partial charge in [-0.1, -0.05) is 13.0 Å². The first-order valence-electron chi connectivity index (χ1n) is 4.92. The van der Waals surface area contributed by atoms with E-state index >= 15 is 0 Å². The molecule has 78 valence electrons. The molecule has 0 aliphatic rings. The van der Waals surface area contributed by atoms with E-state index in [0.717, 1.165) is 18.7 Å². The Kier molecular flexibility index (Phi) is 4.40. The maximum atomic E-state index is 12.8. The molecule has 14 heavy (non-hydrogen) atoms. The van der Waals surface area contributed by atoms with Crippen LogP contribution < -0.4 is 11.1 Å². The van der Waals surface area contributed by atoms with Crippen molar-refractivity contribution in [2.24, 2.45) is 11.7 Å². The van der Waals surface area contributed by atoms with E-state index in [9.17, 15) is 4.39 Å². The van der Waals surface area contributed by atoms with E-state index < -0.39 is 0 Å². The Labute approximate surface area is 84.3 Å². The highest BCUT2D eigenvalue weighted by molar-refractivity contribution is 5.42. The smallest absolute Gasteiger partial charge is 0.125 e. The number of hydrogen-bond acceptors (Lipinski definition) is 2. The first-order valence-corrected chi connectivity index (χ1v) is 4.92. The van der Waals surface area contributed by atoms with Gasteiger partial charge in [-0.25, -0.2) is 4.39 Å². The average molecular weight is 196 g/mol. The fourth-order valence-electron chi connectivity index (χ4n) is 1.28. The maximum Gasteiger partial charge on any atom is 0.125 e. The second-order valence-corrected chi connectivity index (χ2v) is 3.57. The van der Waals surface area contributed by atoms with Crippen LogP contribution >= 0.6 is 0 Å². The molecule has 1 unspecified atom stereocenters. The van der Waals surface area contributed by atoms with Crippen molar-refractivity contribution in [1.82, 2.24) is 0 Å². The zero-order chi connectivity index (χ0) is 10.4. The standard InChI is InChI=1S/C11H17FN2/c1-9(5-6-13)8-14-11-4-2-3-10(12)7-11/h2-4,7,9,14H,5-6,8,13H2,1H3. The van der Waals surface area contributed by atoms with Gasteiger partial charge in [-0.05, 0) is 37.1 Å². The van der Waals surface area contributed by atoms with E-state index in [1.807, 2.05) is 6.07 Å². The zero-order valence-corrected chi connectivity index (χ0v) is 8.46. The first-order chi connectivity index (χ1) is 6.72. The fourth-order valence-corrected chi connectivity index (χ4v) is 1.28. The molecule has 3 N–H and O–H groups in total. The molecule has 2 nitrogen and oxygen atoms in total. The lowest BCUT2D eigenvalue weighted by molar-refractivity contribution is 0.568. The van der Waals surface area contributed by atoms with Gasteiger partial charge >= 0.3 is 0 Å². The van der Waals surface area contributed by atoms with Crippen LogP contribution in [0.25, 0.3) is 0 Å². The highest BCUT2D eigenvalue weighted by Crippen LogP contribution is 2.10. The van der Waals surface area contributed by atoms with Crippen LogP contribution in [0.15, 0.2) is 24.3 Å². The van der Waals surface area contributed by atoms with Gasteiger partial charge in [0.05, 0.1) is 0 Å².